The molecule has 4 nitrogen and oxygen atoms in total. The number of hydrogen-bond donors (Lipinski definition) is 4. The summed E-state index contributed by atoms with van der Waals surface area (Å²) in [6, 6.07) is 8.58. The van der Waals surface area contributed by atoms with Crippen LogP contribution in [0.2, 0.25) is 5.02 Å². The molecule has 0 aliphatic carbocycles. The molecule has 1 aliphatic heterocycles. The molecule has 0 bridgehead atoms. The van der Waals surface area contributed by atoms with Gasteiger partial charge in [0.1, 0.15) is 5.75 Å². The van der Waals surface area contributed by atoms with Crippen LogP contribution in [0, 0.1) is 0 Å². The van der Waals surface area contributed by atoms with Crippen LogP contribution in [-0.4, -0.2) is 28.4 Å². The van der Waals surface area contributed by atoms with Gasteiger partial charge in [-0.3, -0.25) is 0 Å². The Morgan fingerprint density at radius 1 is 1.09 bits per heavy atom. The molecule has 3 rings (SSSR count). The smallest absolute Gasteiger partial charge is 0.176 e. The fourth-order valence-corrected chi connectivity index (χ4v) is 3.12. The molecule has 6 heteroatoms. The lowest BCUT2D eigenvalue weighted by molar-refractivity contribution is -0.00000693. The van der Waals surface area contributed by atoms with E-state index in [1.165, 1.54) is 0 Å². The van der Waals surface area contributed by atoms with Crippen LogP contribution in [0.25, 0.3) is 0 Å². The Hall–Kier alpha value is -1.43. The maximum absolute atomic E-state index is 9.86. The van der Waals surface area contributed by atoms with Crippen molar-refractivity contribution in [3.63, 3.8) is 0 Å². The summed E-state index contributed by atoms with van der Waals surface area (Å²) in [6.45, 7) is 1.46. The molecule has 0 amide bonds. The summed E-state index contributed by atoms with van der Waals surface area (Å²) in [5.74, 6) is -0.245. The maximum atomic E-state index is 9.86. The van der Waals surface area contributed by atoms with Crippen molar-refractivity contribution < 1.29 is 32.3 Å². The van der Waals surface area contributed by atoms with E-state index in [2.05, 4.69) is 5.32 Å². The molecule has 0 spiro atoms. The standard InChI is InChI=1S/C16H16ClNO3.BrH/c17-15-11-5-6-18-8-13(9-1-3-10(19)4-2-9)12(11)7-14(20)16(15)21;/h1-4,7,13,18-21H,5-6,8H2;1H/p-1. The number of phenolic OH excluding ortho intramolecular Hbond substituents is 3. The van der Waals surface area contributed by atoms with E-state index in [1.54, 1.807) is 18.2 Å². The molecule has 1 atom stereocenters. The Morgan fingerprint density at radius 2 is 1.77 bits per heavy atom. The number of phenols is 3. The van der Waals surface area contributed by atoms with Gasteiger partial charge in [0.05, 0.1) is 5.02 Å². The van der Waals surface area contributed by atoms with E-state index in [0.29, 0.717) is 13.0 Å². The third-order valence-corrected chi connectivity index (χ3v) is 4.33. The summed E-state index contributed by atoms with van der Waals surface area (Å²) in [5.41, 5.74) is 2.78. The molecular formula is C16H16BrClNO3-. The zero-order chi connectivity index (χ0) is 15.0. The molecule has 0 saturated carbocycles. The summed E-state index contributed by atoms with van der Waals surface area (Å²) in [6.07, 6.45) is 0.691. The minimum atomic E-state index is -0.262. The minimum Gasteiger partial charge on any atom is -1.00 e. The zero-order valence-corrected chi connectivity index (χ0v) is 14.0. The van der Waals surface area contributed by atoms with Crippen LogP contribution in [0.5, 0.6) is 17.2 Å². The van der Waals surface area contributed by atoms with Gasteiger partial charge >= 0.3 is 0 Å². The highest BCUT2D eigenvalue weighted by molar-refractivity contribution is 6.33. The number of benzene rings is 2. The van der Waals surface area contributed by atoms with Crippen LogP contribution in [0.3, 0.4) is 0 Å². The molecular weight excluding hydrogens is 370 g/mol. The Bertz CT molecular complexity index is 676. The van der Waals surface area contributed by atoms with Gasteiger partial charge in [0.15, 0.2) is 11.5 Å². The van der Waals surface area contributed by atoms with Gasteiger partial charge in [-0.25, -0.2) is 0 Å². The molecule has 0 saturated heterocycles. The second-order valence-corrected chi connectivity index (χ2v) is 5.60. The highest BCUT2D eigenvalue weighted by Gasteiger charge is 2.25. The molecule has 1 heterocycles. The minimum absolute atomic E-state index is 0. The van der Waals surface area contributed by atoms with E-state index in [9.17, 15) is 15.3 Å². The lowest BCUT2D eigenvalue weighted by Gasteiger charge is -2.20. The summed E-state index contributed by atoms with van der Waals surface area (Å²) < 4.78 is 0. The van der Waals surface area contributed by atoms with Crippen molar-refractivity contribution >= 4 is 11.6 Å². The predicted molar refractivity (Wildman–Crippen MR) is 81.3 cm³/mol. The summed E-state index contributed by atoms with van der Waals surface area (Å²) >= 11 is 6.19. The molecule has 118 valence electrons. The monoisotopic (exact) mass is 384 g/mol. The number of fused-ring (bicyclic) bond motifs is 1. The summed E-state index contributed by atoms with van der Waals surface area (Å²) in [5, 5.41) is 32.7. The van der Waals surface area contributed by atoms with Crippen molar-refractivity contribution in [2.24, 2.45) is 0 Å². The largest absolute Gasteiger partial charge is 1.00 e. The third-order valence-electron chi connectivity index (χ3n) is 3.93. The highest BCUT2D eigenvalue weighted by Crippen LogP contribution is 2.42. The van der Waals surface area contributed by atoms with Crippen molar-refractivity contribution in [2.45, 2.75) is 12.3 Å². The van der Waals surface area contributed by atoms with E-state index in [4.69, 9.17) is 11.6 Å². The zero-order valence-electron chi connectivity index (χ0n) is 11.7. The van der Waals surface area contributed by atoms with Gasteiger partial charge in [-0.15, -0.1) is 0 Å². The van der Waals surface area contributed by atoms with Gasteiger partial charge < -0.3 is 37.6 Å². The first-order valence-corrected chi connectivity index (χ1v) is 7.18. The van der Waals surface area contributed by atoms with Crippen LogP contribution in [0.1, 0.15) is 22.6 Å². The van der Waals surface area contributed by atoms with Crippen LogP contribution in [0.15, 0.2) is 30.3 Å². The van der Waals surface area contributed by atoms with Crippen molar-refractivity contribution in [1.82, 2.24) is 5.32 Å². The van der Waals surface area contributed by atoms with E-state index < -0.39 is 0 Å². The summed E-state index contributed by atoms with van der Waals surface area (Å²) in [4.78, 5) is 0. The van der Waals surface area contributed by atoms with E-state index in [-0.39, 0.29) is 45.2 Å². The fourth-order valence-electron chi connectivity index (χ4n) is 2.82. The molecule has 2 aromatic rings. The van der Waals surface area contributed by atoms with Crippen molar-refractivity contribution in [3.05, 3.63) is 52.0 Å². The lowest BCUT2D eigenvalue weighted by atomic mass is 9.87. The second kappa shape index (κ2) is 6.77. The molecule has 1 unspecified atom stereocenters. The quantitative estimate of drug-likeness (QED) is 0.511. The highest BCUT2D eigenvalue weighted by atomic mass is 79.9. The Balaban J connectivity index is 0.00000176. The number of nitrogens with one attached hydrogen (secondary N) is 1. The fraction of sp³-hybridized carbons (Fsp3) is 0.250. The number of hydrogen-bond acceptors (Lipinski definition) is 4. The number of aromatic hydroxyl groups is 3. The third kappa shape index (κ3) is 3.02. The number of rotatable bonds is 1. The van der Waals surface area contributed by atoms with E-state index in [1.807, 2.05) is 12.1 Å². The predicted octanol–water partition coefficient (Wildman–Crippen LogP) is -0.262. The van der Waals surface area contributed by atoms with Crippen LogP contribution < -0.4 is 22.3 Å². The van der Waals surface area contributed by atoms with E-state index in [0.717, 1.165) is 23.2 Å². The van der Waals surface area contributed by atoms with Gasteiger partial charge in [-0.1, -0.05) is 23.7 Å². The number of halogens is 2. The SMILES string of the molecule is Oc1ccc(C2CNCCc3c2cc(O)c(O)c3Cl)cc1.[Br-]. The van der Waals surface area contributed by atoms with Crippen molar-refractivity contribution in [1.29, 1.82) is 0 Å². The Morgan fingerprint density at radius 3 is 2.45 bits per heavy atom. The molecule has 22 heavy (non-hydrogen) atoms. The first kappa shape index (κ1) is 16.9. The molecule has 0 fully saturated rings. The molecule has 4 N–H and O–H groups in total. The van der Waals surface area contributed by atoms with E-state index >= 15 is 0 Å². The van der Waals surface area contributed by atoms with Crippen LogP contribution in [-0.2, 0) is 6.42 Å². The Labute approximate surface area is 144 Å². The van der Waals surface area contributed by atoms with Gasteiger partial charge in [0.25, 0.3) is 0 Å². The first-order valence-electron chi connectivity index (χ1n) is 6.80. The van der Waals surface area contributed by atoms with Gasteiger partial charge in [0.2, 0.25) is 0 Å². The second-order valence-electron chi connectivity index (χ2n) is 5.22. The Kier molecular flexibility index (Phi) is 5.21. The molecule has 0 aromatic heterocycles. The van der Waals surface area contributed by atoms with Crippen LogP contribution >= 0.6 is 11.6 Å². The average Bonchev–Trinajstić information content (AvgIpc) is 2.68. The molecule has 0 radical (unpaired) electrons. The van der Waals surface area contributed by atoms with Gasteiger partial charge in [-0.05, 0) is 47.9 Å². The first-order chi connectivity index (χ1) is 10.1. The maximum Gasteiger partial charge on any atom is 0.176 e. The normalized spacial score (nSPS) is 17.2. The molecule has 2 aromatic carbocycles. The van der Waals surface area contributed by atoms with Crippen molar-refractivity contribution in [2.75, 3.05) is 13.1 Å². The van der Waals surface area contributed by atoms with Gasteiger partial charge in [-0.2, -0.15) is 0 Å². The molecule has 1 aliphatic rings. The topological polar surface area (TPSA) is 72.7 Å². The van der Waals surface area contributed by atoms with Crippen molar-refractivity contribution in [3.8, 4) is 17.2 Å². The average molecular weight is 386 g/mol. The van der Waals surface area contributed by atoms with Gasteiger partial charge in [0, 0.05) is 12.5 Å². The summed E-state index contributed by atoms with van der Waals surface area (Å²) in [7, 11) is 0. The lowest BCUT2D eigenvalue weighted by Crippen LogP contribution is -3.00. The van der Waals surface area contributed by atoms with Crippen LogP contribution in [0.4, 0.5) is 0 Å².